The first-order valence-corrected chi connectivity index (χ1v) is 1.81. The molecule has 0 heterocycles. The average Bonchev–Trinajstić information content (AvgIpc) is 1.31. The standard InChI is InChI=1S/C5H9O.K/c1-4(2)5(3)6;/h4H,1H2,2-3H3;/q-1;+1/i4D;. The van der Waals surface area contributed by atoms with Crippen molar-refractivity contribution in [1.82, 2.24) is 0 Å². The maximum absolute atomic E-state index is 10.2. The van der Waals surface area contributed by atoms with E-state index in [-0.39, 0.29) is 57.2 Å². The molecule has 0 aromatic rings. The van der Waals surface area contributed by atoms with E-state index in [0.717, 1.165) is 0 Å². The van der Waals surface area contributed by atoms with Crippen molar-refractivity contribution in [2.75, 3.05) is 0 Å². The van der Waals surface area contributed by atoms with E-state index in [2.05, 4.69) is 6.92 Å². The molecule has 1 unspecified atom stereocenters. The summed E-state index contributed by atoms with van der Waals surface area (Å²) < 4.78 is 6.93. The Labute approximate surface area is 88.7 Å². The summed E-state index contributed by atoms with van der Waals surface area (Å²) in [5, 5.41) is 0. The van der Waals surface area contributed by atoms with Crippen molar-refractivity contribution in [3.8, 4) is 0 Å². The molecule has 0 N–H and O–H groups in total. The molecule has 0 aliphatic carbocycles. The first-order chi connectivity index (χ1) is 2.94. The normalized spacial score (nSPS) is 18.4. The minimum absolute atomic E-state index is 0. The van der Waals surface area contributed by atoms with Crippen LogP contribution < -0.4 is 51.4 Å². The topological polar surface area (TPSA) is 17.1 Å². The Kier molecular flexibility index (Phi) is 6.46. The predicted octanol–water partition coefficient (Wildman–Crippen LogP) is -1.95. The van der Waals surface area contributed by atoms with Crippen molar-refractivity contribution in [3.05, 3.63) is 6.92 Å². The van der Waals surface area contributed by atoms with Crippen LogP contribution in [0.4, 0.5) is 0 Å². The quantitative estimate of drug-likeness (QED) is 0.294. The Morgan fingerprint density at radius 3 is 2.14 bits per heavy atom. The Balaban J connectivity index is 0. The SMILES string of the molecule is [2H]C([CH2-])(C)C(C)=O.[K+]. The first kappa shape index (κ1) is 8.31. The summed E-state index contributed by atoms with van der Waals surface area (Å²) >= 11 is 0. The van der Waals surface area contributed by atoms with Gasteiger partial charge in [-0.15, -0.1) is 5.89 Å². The van der Waals surface area contributed by atoms with Gasteiger partial charge in [0.1, 0.15) is 5.78 Å². The van der Waals surface area contributed by atoms with E-state index in [4.69, 9.17) is 1.37 Å². The second kappa shape index (κ2) is 5.44. The summed E-state index contributed by atoms with van der Waals surface area (Å²) in [6.45, 7) is 6.12. The van der Waals surface area contributed by atoms with Crippen molar-refractivity contribution in [2.45, 2.75) is 13.8 Å². The van der Waals surface area contributed by atoms with Gasteiger partial charge < -0.3 is 11.7 Å². The van der Waals surface area contributed by atoms with Gasteiger partial charge in [-0.25, -0.2) is 0 Å². The van der Waals surface area contributed by atoms with Crippen molar-refractivity contribution in [3.63, 3.8) is 0 Å². The number of rotatable bonds is 1. The fraction of sp³-hybridized carbons (Fsp3) is 0.600. The van der Waals surface area contributed by atoms with Gasteiger partial charge in [-0.3, -0.25) is 0 Å². The van der Waals surface area contributed by atoms with Gasteiger partial charge in [0.25, 0.3) is 0 Å². The second-order valence-corrected chi connectivity index (χ2v) is 1.34. The van der Waals surface area contributed by atoms with Crippen LogP contribution in [0.3, 0.4) is 0 Å². The van der Waals surface area contributed by atoms with Crippen LogP contribution >= 0.6 is 0 Å². The molecule has 7 heavy (non-hydrogen) atoms. The van der Waals surface area contributed by atoms with Crippen LogP contribution in [0, 0.1) is 12.8 Å². The van der Waals surface area contributed by atoms with Crippen molar-refractivity contribution in [2.24, 2.45) is 5.89 Å². The molecule has 0 rings (SSSR count). The maximum Gasteiger partial charge on any atom is 1.00 e. The predicted molar refractivity (Wildman–Crippen MR) is 25.2 cm³/mol. The van der Waals surface area contributed by atoms with Crippen molar-refractivity contribution < 1.29 is 57.5 Å². The molecule has 0 radical (unpaired) electrons. The molecular formula is C5H9KO. The Bertz CT molecular complexity index is 84.9. The monoisotopic (exact) mass is 125 g/mol. The fourth-order valence-electron chi connectivity index (χ4n) is 0. The van der Waals surface area contributed by atoms with Gasteiger partial charge in [-0.2, -0.15) is 0 Å². The molecule has 2 heteroatoms. The van der Waals surface area contributed by atoms with Gasteiger partial charge in [0, 0.05) is 1.37 Å². The van der Waals surface area contributed by atoms with Crippen molar-refractivity contribution >= 4 is 5.78 Å². The second-order valence-electron chi connectivity index (χ2n) is 1.34. The minimum atomic E-state index is -1.14. The molecular weight excluding hydrogens is 115 g/mol. The number of carbonyl (C=O) groups is 1. The molecule has 0 saturated heterocycles. The van der Waals surface area contributed by atoms with Gasteiger partial charge in [0.2, 0.25) is 0 Å². The van der Waals surface area contributed by atoms with Crippen LogP contribution in [0.1, 0.15) is 15.2 Å². The molecule has 1 atom stereocenters. The molecule has 0 saturated carbocycles. The molecule has 0 aromatic carbocycles. The third-order valence-electron chi connectivity index (χ3n) is 0.601. The Hall–Kier alpha value is 1.31. The van der Waals surface area contributed by atoms with E-state index >= 15 is 0 Å². The molecule has 0 amide bonds. The summed E-state index contributed by atoms with van der Waals surface area (Å²) in [7, 11) is 0. The van der Waals surface area contributed by atoms with Crippen molar-refractivity contribution in [1.29, 1.82) is 0 Å². The average molecular weight is 125 g/mol. The third-order valence-corrected chi connectivity index (χ3v) is 0.601. The van der Waals surface area contributed by atoms with E-state index in [9.17, 15) is 4.79 Å². The molecule has 0 aromatic heterocycles. The summed E-state index contributed by atoms with van der Waals surface area (Å²) in [4.78, 5) is 10.2. The molecule has 0 spiro atoms. The zero-order valence-electron chi connectivity index (χ0n) is 6.12. The van der Waals surface area contributed by atoms with Crippen LogP contribution in [0.25, 0.3) is 0 Å². The van der Waals surface area contributed by atoms with E-state index in [1.54, 1.807) is 0 Å². The number of Topliss-reactive ketones (excluding diaryl/α,β-unsaturated/α-hetero) is 1. The molecule has 1 nitrogen and oxygen atoms in total. The molecule has 0 fully saturated rings. The number of hydrogen-bond donors (Lipinski definition) is 0. The van der Waals surface area contributed by atoms with E-state index < -0.39 is 5.89 Å². The summed E-state index contributed by atoms with van der Waals surface area (Å²) in [5.41, 5.74) is 0. The van der Waals surface area contributed by atoms with E-state index in [1.807, 2.05) is 0 Å². The largest absolute Gasteiger partial charge is 1.00 e. The summed E-state index contributed by atoms with van der Waals surface area (Å²) in [6, 6.07) is 0. The number of ketones is 1. The Morgan fingerprint density at radius 1 is 2.00 bits per heavy atom. The third kappa shape index (κ3) is 7.31. The zero-order chi connectivity index (χ0) is 6.08. The zero-order valence-corrected chi connectivity index (χ0v) is 8.24. The maximum atomic E-state index is 10.2. The van der Waals surface area contributed by atoms with Gasteiger partial charge >= 0.3 is 51.4 Å². The number of carbonyl (C=O) groups excluding carboxylic acids is 1. The van der Waals surface area contributed by atoms with Gasteiger partial charge in [-0.1, -0.05) is 6.92 Å². The van der Waals surface area contributed by atoms with Gasteiger partial charge in [0.05, 0.1) is 0 Å². The van der Waals surface area contributed by atoms with Crippen LogP contribution in [-0.4, -0.2) is 5.78 Å². The fourth-order valence-corrected chi connectivity index (χ4v) is 0. The van der Waals surface area contributed by atoms with Crippen LogP contribution in [0.15, 0.2) is 0 Å². The molecule has 36 valence electrons. The number of hydrogen-bond acceptors (Lipinski definition) is 1. The molecule has 0 aliphatic heterocycles. The summed E-state index contributed by atoms with van der Waals surface area (Å²) in [6.07, 6.45) is 0. The molecule has 0 bridgehead atoms. The Morgan fingerprint density at radius 2 is 2.14 bits per heavy atom. The molecule has 0 aliphatic rings. The van der Waals surface area contributed by atoms with Gasteiger partial charge in [0.15, 0.2) is 0 Å². The minimum Gasteiger partial charge on any atom is -0.333 e. The smallest absolute Gasteiger partial charge is 0.333 e. The van der Waals surface area contributed by atoms with E-state index in [1.165, 1.54) is 13.8 Å². The summed E-state index contributed by atoms with van der Waals surface area (Å²) in [5.74, 6) is -1.34. The van der Waals surface area contributed by atoms with Crippen LogP contribution in [0.2, 0.25) is 0 Å². The van der Waals surface area contributed by atoms with Gasteiger partial charge in [-0.05, 0) is 6.92 Å². The van der Waals surface area contributed by atoms with E-state index in [0.29, 0.717) is 0 Å². The first-order valence-electron chi connectivity index (χ1n) is 2.31. The van der Waals surface area contributed by atoms with Crippen LogP contribution in [-0.2, 0) is 4.79 Å². The van der Waals surface area contributed by atoms with Crippen LogP contribution in [0.5, 0.6) is 0 Å².